The number of nitrogens with one attached hydrogen (secondary N) is 2. The molecule has 13 heteroatoms. The van der Waals surface area contributed by atoms with Gasteiger partial charge in [0.2, 0.25) is 5.91 Å². The topological polar surface area (TPSA) is 164 Å². The zero-order chi connectivity index (χ0) is 29.0. The highest BCUT2D eigenvalue weighted by atomic mass is 31.2. The molecule has 0 spiro atoms. The van der Waals surface area contributed by atoms with E-state index in [9.17, 15) is 29.2 Å². The first-order valence-electron chi connectivity index (χ1n) is 12.6. The molecule has 1 rings (SSSR count). The van der Waals surface area contributed by atoms with Crippen LogP contribution in [0.4, 0.5) is 0 Å². The Kier molecular flexibility index (Phi) is 13.9. The molecule has 0 saturated heterocycles. The zero-order valence-corrected chi connectivity index (χ0v) is 24.1. The van der Waals surface area contributed by atoms with E-state index in [0.29, 0.717) is 12.0 Å². The predicted octanol–water partition coefficient (Wildman–Crippen LogP) is 2.90. The van der Waals surface area contributed by atoms with Gasteiger partial charge in [-0.3, -0.25) is 19.5 Å². The van der Waals surface area contributed by atoms with Crippen LogP contribution in [0.25, 0.3) is 0 Å². The minimum atomic E-state index is -3.56. The summed E-state index contributed by atoms with van der Waals surface area (Å²) < 4.78 is 24.0. The molecular formula is C25H42N3O9P. The van der Waals surface area contributed by atoms with Gasteiger partial charge in [-0.25, -0.2) is 4.79 Å². The number of hydroxylamine groups is 2. The number of aliphatic carboxylic acids is 1. The fourth-order valence-electron chi connectivity index (χ4n) is 3.59. The van der Waals surface area contributed by atoms with Crippen LogP contribution in [-0.4, -0.2) is 77.3 Å². The second kappa shape index (κ2) is 15.8. The fraction of sp³-hybridized carbons (Fsp3) is 0.640. The highest BCUT2D eigenvalue weighted by molar-refractivity contribution is 7.54. The lowest BCUT2D eigenvalue weighted by molar-refractivity contribution is -0.198. The van der Waals surface area contributed by atoms with Gasteiger partial charge < -0.3 is 29.4 Å². The summed E-state index contributed by atoms with van der Waals surface area (Å²) in [5.41, 5.74) is 0.647. The Morgan fingerprint density at radius 3 is 2.05 bits per heavy atom. The van der Waals surface area contributed by atoms with Crippen molar-refractivity contribution < 1.29 is 43.0 Å². The van der Waals surface area contributed by atoms with Gasteiger partial charge in [-0.1, -0.05) is 26.0 Å². The molecule has 0 radical (unpaired) electrons. The van der Waals surface area contributed by atoms with E-state index in [0.717, 1.165) is 5.06 Å². The van der Waals surface area contributed by atoms with Crippen molar-refractivity contribution in [3.8, 4) is 5.75 Å². The van der Waals surface area contributed by atoms with Crippen LogP contribution in [0.5, 0.6) is 5.75 Å². The number of carboxylic acids is 1. The number of phenols is 1. The van der Waals surface area contributed by atoms with Crippen LogP contribution < -0.4 is 10.6 Å². The van der Waals surface area contributed by atoms with Crippen LogP contribution in [-0.2, 0) is 39.3 Å². The van der Waals surface area contributed by atoms with E-state index in [4.69, 9.17) is 13.9 Å². The first-order chi connectivity index (χ1) is 17.7. The maximum Gasteiger partial charge on any atom is 0.347 e. The Bertz CT molecular complexity index is 948. The van der Waals surface area contributed by atoms with Gasteiger partial charge in [-0.15, -0.1) is 5.06 Å². The van der Waals surface area contributed by atoms with E-state index in [2.05, 4.69) is 10.6 Å². The van der Waals surface area contributed by atoms with E-state index < -0.39 is 49.4 Å². The van der Waals surface area contributed by atoms with Gasteiger partial charge >= 0.3 is 19.5 Å². The van der Waals surface area contributed by atoms with Gasteiger partial charge in [0.15, 0.2) is 0 Å². The summed E-state index contributed by atoms with van der Waals surface area (Å²) in [4.78, 5) is 43.1. The second-order valence-corrected chi connectivity index (χ2v) is 11.7. The number of benzene rings is 1. The minimum absolute atomic E-state index is 0.0437. The molecule has 1 aromatic rings. The number of aromatic hydroxyl groups is 1. The molecule has 4 atom stereocenters. The van der Waals surface area contributed by atoms with Crippen molar-refractivity contribution in [2.75, 3.05) is 20.3 Å². The Balaban J connectivity index is 3.16. The molecule has 0 bridgehead atoms. The van der Waals surface area contributed by atoms with Crippen molar-refractivity contribution in [2.24, 2.45) is 5.92 Å². The van der Waals surface area contributed by atoms with Crippen molar-refractivity contribution in [2.45, 2.75) is 78.3 Å². The highest BCUT2D eigenvalue weighted by Gasteiger charge is 2.37. The number of hydrogen-bond donors (Lipinski definition) is 4. The Hall–Kier alpha value is -2.50. The summed E-state index contributed by atoms with van der Waals surface area (Å²) in [6.07, 6.45) is 0.394. The van der Waals surface area contributed by atoms with Crippen molar-refractivity contribution in [1.82, 2.24) is 15.7 Å². The smallest absolute Gasteiger partial charge is 0.347 e. The zero-order valence-electron chi connectivity index (χ0n) is 23.2. The molecular weight excluding hydrogens is 517 g/mol. The Labute approximate surface area is 224 Å². The lowest BCUT2D eigenvalue weighted by Crippen LogP contribution is -2.53. The summed E-state index contributed by atoms with van der Waals surface area (Å²) in [7, 11) is -2.17. The molecule has 38 heavy (non-hydrogen) atoms. The molecule has 1 unspecified atom stereocenters. The van der Waals surface area contributed by atoms with Crippen LogP contribution in [0.2, 0.25) is 0 Å². The maximum atomic E-state index is 13.3. The van der Waals surface area contributed by atoms with Gasteiger partial charge in [-0.05, 0) is 57.7 Å². The molecule has 0 heterocycles. The predicted molar refractivity (Wildman–Crippen MR) is 141 cm³/mol. The third-order valence-corrected chi connectivity index (χ3v) is 7.93. The van der Waals surface area contributed by atoms with E-state index >= 15 is 0 Å². The molecule has 4 N–H and O–H groups in total. The number of rotatable bonds is 17. The average Bonchev–Trinajstić information content (AvgIpc) is 2.82. The molecule has 0 fully saturated rings. The molecule has 0 aliphatic heterocycles. The number of likely N-dealkylation sites (N-methyl/N-ethyl adjacent to an activating group) is 1. The van der Waals surface area contributed by atoms with Gasteiger partial charge in [0.25, 0.3) is 0 Å². The number of nitrogens with zero attached hydrogens (tertiary/aromatic N) is 1. The van der Waals surface area contributed by atoms with Crippen LogP contribution >= 0.6 is 7.60 Å². The molecule has 1 amide bonds. The third-order valence-electron chi connectivity index (χ3n) is 5.60. The SMILES string of the molecule is CCOP(=O)(OCC)C(C)N[C@@H](CC(C)C)C(=O)ON(C)[C@@H](Cc1ccc(O)cc1)C(=O)N[C@@H](C)C(=O)O. The summed E-state index contributed by atoms with van der Waals surface area (Å²) in [5, 5.41) is 25.3. The lowest BCUT2D eigenvalue weighted by Gasteiger charge is -2.31. The third kappa shape index (κ3) is 10.7. The standard InChI is InChI=1S/C25H42N3O9P/c1-8-35-38(34,36-9-2)18(6)27-21(14-16(3)4)25(33)37-28(7)22(23(30)26-17(5)24(31)32)15-19-10-12-20(29)13-11-19/h10-13,16-18,21-22,27,29H,8-9,14-15H2,1-7H3,(H,26,30)(H,31,32)/t17-,18?,21-,22-/m0/s1. The van der Waals surface area contributed by atoms with Crippen molar-refractivity contribution >= 4 is 25.4 Å². The van der Waals surface area contributed by atoms with Crippen LogP contribution in [0.3, 0.4) is 0 Å². The first-order valence-corrected chi connectivity index (χ1v) is 14.3. The lowest BCUT2D eigenvalue weighted by atomic mass is 10.0. The maximum absolute atomic E-state index is 13.3. The quantitative estimate of drug-likeness (QED) is 0.164. The molecule has 216 valence electrons. The first kappa shape index (κ1) is 33.5. The number of carbonyl (C=O) groups is 3. The number of amides is 1. The van der Waals surface area contributed by atoms with E-state index in [1.54, 1.807) is 32.9 Å². The molecule has 0 saturated carbocycles. The minimum Gasteiger partial charge on any atom is -0.508 e. The summed E-state index contributed by atoms with van der Waals surface area (Å²) >= 11 is 0. The molecule has 12 nitrogen and oxygen atoms in total. The van der Waals surface area contributed by atoms with Gasteiger partial charge in [0, 0.05) is 13.5 Å². The second-order valence-electron chi connectivity index (χ2n) is 9.31. The van der Waals surface area contributed by atoms with Crippen molar-refractivity contribution in [3.63, 3.8) is 0 Å². The van der Waals surface area contributed by atoms with Gasteiger partial charge in [0.1, 0.15) is 29.7 Å². The monoisotopic (exact) mass is 559 g/mol. The van der Waals surface area contributed by atoms with Crippen molar-refractivity contribution in [1.29, 1.82) is 0 Å². The van der Waals surface area contributed by atoms with Crippen LogP contribution in [0, 0.1) is 5.92 Å². The van der Waals surface area contributed by atoms with Crippen molar-refractivity contribution in [3.05, 3.63) is 29.8 Å². The largest absolute Gasteiger partial charge is 0.508 e. The summed E-state index contributed by atoms with van der Waals surface area (Å²) in [6, 6.07) is 2.96. The van der Waals surface area contributed by atoms with E-state index in [1.807, 2.05) is 13.8 Å². The normalized spacial score (nSPS) is 15.1. The number of carboxylic acid groups (broad SMARTS) is 1. The average molecular weight is 560 g/mol. The highest BCUT2D eigenvalue weighted by Crippen LogP contribution is 2.52. The number of hydrogen-bond acceptors (Lipinski definition) is 10. The Morgan fingerprint density at radius 2 is 1.58 bits per heavy atom. The van der Waals surface area contributed by atoms with Crippen LogP contribution in [0.1, 0.15) is 53.5 Å². The molecule has 1 aromatic carbocycles. The van der Waals surface area contributed by atoms with E-state index in [1.165, 1.54) is 26.1 Å². The molecule has 0 aliphatic rings. The summed E-state index contributed by atoms with van der Waals surface area (Å²) in [5.74, 6) is -3.32. The molecule has 0 aromatic heterocycles. The van der Waals surface area contributed by atoms with Gasteiger partial charge in [0.05, 0.1) is 13.2 Å². The summed E-state index contributed by atoms with van der Waals surface area (Å²) in [6.45, 7) is 10.5. The van der Waals surface area contributed by atoms with Gasteiger partial charge in [-0.2, -0.15) is 0 Å². The van der Waals surface area contributed by atoms with E-state index in [-0.39, 0.29) is 31.3 Å². The fourth-order valence-corrected chi connectivity index (χ4v) is 5.19. The number of phenolic OH excluding ortho intramolecular Hbond substituents is 1. The molecule has 0 aliphatic carbocycles. The number of carbonyl (C=O) groups excluding carboxylic acids is 2. The van der Waals surface area contributed by atoms with Crippen LogP contribution in [0.15, 0.2) is 24.3 Å². The Morgan fingerprint density at radius 1 is 1.03 bits per heavy atom.